The topological polar surface area (TPSA) is 130 Å². The Morgan fingerprint density at radius 2 is 1.95 bits per heavy atom. The van der Waals surface area contributed by atoms with E-state index in [4.69, 9.17) is 0 Å². The fourth-order valence-corrected chi connectivity index (χ4v) is 1.85. The van der Waals surface area contributed by atoms with Gasteiger partial charge in [0.25, 0.3) is 11.2 Å². The third-order valence-corrected chi connectivity index (χ3v) is 2.82. The second kappa shape index (κ2) is 5.04. The fourth-order valence-electron chi connectivity index (χ4n) is 1.85. The quantitative estimate of drug-likeness (QED) is 0.487. The van der Waals surface area contributed by atoms with Crippen LogP contribution in [0.5, 0.6) is 0 Å². The van der Waals surface area contributed by atoms with Gasteiger partial charge in [-0.3, -0.25) is 9.78 Å². The van der Waals surface area contributed by atoms with Crippen LogP contribution < -0.4 is 10.9 Å². The molecule has 3 N–H and O–H groups in total. The molecule has 0 saturated heterocycles. The molecule has 9 nitrogen and oxygen atoms in total. The van der Waals surface area contributed by atoms with Gasteiger partial charge in [0.05, 0.1) is 0 Å². The Balaban J connectivity index is 1.89. The van der Waals surface area contributed by atoms with Gasteiger partial charge in [0.2, 0.25) is 11.5 Å². The maximum absolute atomic E-state index is 11.8. The second-order valence-electron chi connectivity index (χ2n) is 4.27. The molecular weight excluding hydrogens is 276 g/mol. The summed E-state index contributed by atoms with van der Waals surface area (Å²) in [4.78, 5) is 34.3. The summed E-state index contributed by atoms with van der Waals surface area (Å²) in [6.45, 7) is 0.460. The molecule has 1 aromatic carbocycles. The number of H-pyrrole nitrogens is 2. The zero-order valence-electron chi connectivity index (χ0n) is 10.7. The molecule has 0 radical (unpaired) electrons. The normalized spacial score (nSPS) is 10.7. The van der Waals surface area contributed by atoms with Crippen LogP contribution in [0.15, 0.2) is 35.1 Å². The monoisotopic (exact) mass is 286 g/mol. The van der Waals surface area contributed by atoms with Gasteiger partial charge in [-0.15, -0.1) is 0 Å². The maximum Gasteiger partial charge on any atom is 0.435 e. The minimum Gasteiger partial charge on any atom is -0.390 e. The first-order valence-electron chi connectivity index (χ1n) is 6.06. The van der Waals surface area contributed by atoms with E-state index in [0.29, 0.717) is 6.54 Å². The molecule has 0 unspecified atom stereocenters. The van der Waals surface area contributed by atoms with Crippen molar-refractivity contribution in [1.29, 1.82) is 0 Å². The lowest BCUT2D eigenvalue weighted by atomic mass is 10.2. The molecule has 0 fully saturated rings. The van der Waals surface area contributed by atoms with Crippen molar-refractivity contribution in [2.45, 2.75) is 6.54 Å². The van der Waals surface area contributed by atoms with Gasteiger partial charge in [-0.2, -0.15) is 4.98 Å². The number of hydrogen-bond donors (Lipinski definition) is 3. The minimum absolute atomic E-state index is 0.000937. The Morgan fingerprint density at radius 1 is 1.19 bits per heavy atom. The summed E-state index contributed by atoms with van der Waals surface area (Å²) in [7, 11) is 0. The van der Waals surface area contributed by atoms with Crippen molar-refractivity contribution in [2.24, 2.45) is 0 Å². The average molecular weight is 286 g/mol. The van der Waals surface area contributed by atoms with Crippen molar-refractivity contribution in [1.82, 2.24) is 19.9 Å². The van der Waals surface area contributed by atoms with Crippen LogP contribution in [0.1, 0.15) is 5.56 Å². The summed E-state index contributed by atoms with van der Waals surface area (Å²) >= 11 is 0. The van der Waals surface area contributed by atoms with E-state index in [1.165, 1.54) is 0 Å². The van der Waals surface area contributed by atoms with Gasteiger partial charge >= 0.3 is 5.95 Å². The number of nitro groups is 1. The van der Waals surface area contributed by atoms with Crippen molar-refractivity contribution in [3.63, 3.8) is 0 Å². The van der Waals surface area contributed by atoms with Gasteiger partial charge in [-0.1, -0.05) is 30.3 Å². The first kappa shape index (κ1) is 12.8. The molecule has 0 aliphatic rings. The highest BCUT2D eigenvalue weighted by atomic mass is 16.6. The summed E-state index contributed by atoms with van der Waals surface area (Å²) in [5.41, 5.74) is 0.470. The molecule has 0 amide bonds. The predicted molar refractivity (Wildman–Crippen MR) is 74.9 cm³/mol. The molecule has 3 rings (SSSR count). The molecular formula is C12H10N6O3. The van der Waals surface area contributed by atoms with Gasteiger partial charge in [-0.25, -0.2) is 4.98 Å². The van der Waals surface area contributed by atoms with E-state index in [1.807, 2.05) is 30.3 Å². The number of nitrogens with zero attached hydrogens (tertiary/aromatic N) is 3. The van der Waals surface area contributed by atoms with Crippen molar-refractivity contribution < 1.29 is 4.92 Å². The fraction of sp³-hybridized carbons (Fsp3) is 0.0833. The molecule has 3 aromatic rings. The van der Waals surface area contributed by atoms with Crippen molar-refractivity contribution >= 4 is 23.1 Å². The van der Waals surface area contributed by atoms with Gasteiger partial charge in [0, 0.05) is 6.54 Å². The van der Waals surface area contributed by atoms with Crippen LogP contribution in [0, 0.1) is 10.1 Å². The Bertz CT molecular complexity index is 854. The summed E-state index contributed by atoms with van der Waals surface area (Å²) in [5.74, 6) is -0.305. The number of hydrogen-bond acceptors (Lipinski definition) is 6. The smallest absolute Gasteiger partial charge is 0.390 e. The zero-order chi connectivity index (χ0) is 14.8. The minimum atomic E-state index is -0.710. The molecule has 21 heavy (non-hydrogen) atoms. The number of benzene rings is 1. The highest BCUT2D eigenvalue weighted by Crippen LogP contribution is 2.11. The number of aromatic amines is 2. The molecule has 0 bridgehead atoms. The van der Waals surface area contributed by atoms with Crippen LogP contribution in [0.2, 0.25) is 0 Å². The number of imidazole rings is 1. The number of rotatable bonds is 4. The molecule has 106 valence electrons. The Kier molecular flexibility index (Phi) is 3.07. The highest BCUT2D eigenvalue weighted by Gasteiger charge is 2.18. The van der Waals surface area contributed by atoms with Gasteiger partial charge in [0.15, 0.2) is 0 Å². The van der Waals surface area contributed by atoms with Gasteiger partial charge in [-0.05, 0) is 15.5 Å². The lowest BCUT2D eigenvalue weighted by Crippen LogP contribution is -2.13. The van der Waals surface area contributed by atoms with Crippen LogP contribution in [0.4, 0.5) is 11.9 Å². The maximum atomic E-state index is 11.8. The summed E-state index contributed by atoms with van der Waals surface area (Å²) in [5, 5.41) is 13.6. The third-order valence-electron chi connectivity index (χ3n) is 2.82. The number of fused-ring (bicyclic) bond motifs is 1. The number of aromatic nitrogens is 4. The number of nitrogens with one attached hydrogen (secondary N) is 3. The van der Waals surface area contributed by atoms with Crippen molar-refractivity contribution in [3.05, 3.63) is 56.4 Å². The Morgan fingerprint density at radius 3 is 2.67 bits per heavy atom. The zero-order valence-corrected chi connectivity index (χ0v) is 10.7. The largest absolute Gasteiger partial charge is 0.435 e. The van der Waals surface area contributed by atoms with E-state index in [0.717, 1.165) is 5.56 Å². The molecule has 0 aliphatic heterocycles. The van der Waals surface area contributed by atoms with E-state index in [-0.39, 0.29) is 17.1 Å². The van der Waals surface area contributed by atoms with E-state index in [1.54, 1.807) is 0 Å². The van der Waals surface area contributed by atoms with Crippen LogP contribution in [-0.2, 0) is 6.54 Å². The molecule has 0 aliphatic carbocycles. The molecule has 2 heterocycles. The molecule has 0 saturated carbocycles. The highest BCUT2D eigenvalue weighted by molar-refractivity contribution is 5.72. The average Bonchev–Trinajstić information content (AvgIpc) is 2.91. The Hall–Kier alpha value is -3.23. The van der Waals surface area contributed by atoms with E-state index < -0.39 is 16.4 Å². The van der Waals surface area contributed by atoms with Crippen LogP contribution >= 0.6 is 0 Å². The van der Waals surface area contributed by atoms with Crippen molar-refractivity contribution in [3.8, 4) is 0 Å². The van der Waals surface area contributed by atoms with E-state index >= 15 is 0 Å². The second-order valence-corrected chi connectivity index (χ2v) is 4.27. The van der Waals surface area contributed by atoms with E-state index in [9.17, 15) is 14.9 Å². The SMILES string of the molecule is O=c1[nH]c(NCc2ccccc2)nc2nc([N+](=O)[O-])[nH]c12. The first-order valence-corrected chi connectivity index (χ1v) is 6.06. The molecule has 0 atom stereocenters. The lowest BCUT2D eigenvalue weighted by Gasteiger charge is -2.03. The summed E-state index contributed by atoms with van der Waals surface area (Å²) < 4.78 is 0. The summed E-state index contributed by atoms with van der Waals surface area (Å²) in [6, 6.07) is 9.53. The molecule has 2 aromatic heterocycles. The molecule has 0 spiro atoms. The molecule has 9 heteroatoms. The lowest BCUT2D eigenvalue weighted by molar-refractivity contribution is -0.393. The third kappa shape index (κ3) is 2.56. The first-order chi connectivity index (χ1) is 10.1. The van der Waals surface area contributed by atoms with Crippen LogP contribution in [-0.4, -0.2) is 24.9 Å². The predicted octanol–water partition coefficient (Wildman–Crippen LogP) is 1.17. The summed E-state index contributed by atoms with van der Waals surface area (Å²) in [6.07, 6.45) is 0. The Labute approximate surface area is 117 Å². The van der Waals surface area contributed by atoms with Crippen LogP contribution in [0.3, 0.4) is 0 Å². The van der Waals surface area contributed by atoms with Gasteiger partial charge in [0.1, 0.15) is 0 Å². The van der Waals surface area contributed by atoms with E-state index in [2.05, 4.69) is 25.3 Å². The number of anilines is 1. The van der Waals surface area contributed by atoms with Crippen molar-refractivity contribution in [2.75, 3.05) is 5.32 Å². The van der Waals surface area contributed by atoms with Gasteiger partial charge < -0.3 is 15.4 Å². The van der Waals surface area contributed by atoms with Crippen LogP contribution in [0.25, 0.3) is 11.2 Å². The standard InChI is InChI=1S/C12H10N6O3/c19-10-8-9(16-12(14-8)18(20)21)15-11(17-10)13-6-7-4-2-1-3-5-7/h1-5H,6H2,(H3,13,14,15,16,17,19).